The molecule has 43 heavy (non-hydrogen) atoms. The maximum atomic E-state index is 14.0. The normalized spacial score (nSPS) is 13.4. The van der Waals surface area contributed by atoms with Gasteiger partial charge in [0, 0.05) is 19.2 Å². The standard InChI is InChI=1S/C26H28FN5O5S.C3H8O2/c1-15-20-21(33)31(26(2,3)24(34)37-18-6-5-7-18)25(35)30(23(20)38-22(15)32-28-11-12-29-32)13-10-16-14-17(27)8-9-19(16)36-4;1-5-3-2-4/h8-9,11-12,14,18H,5-7,10,13H2,1-4H3;4H,2-3H2,1H3. The highest BCUT2D eigenvalue weighted by Gasteiger charge is 2.39. The van der Waals surface area contributed by atoms with Crippen LogP contribution in [0.2, 0.25) is 0 Å². The van der Waals surface area contributed by atoms with Crippen molar-refractivity contribution >= 4 is 27.5 Å². The third-order valence-corrected chi connectivity index (χ3v) is 8.60. The van der Waals surface area contributed by atoms with Gasteiger partial charge >= 0.3 is 11.7 Å². The van der Waals surface area contributed by atoms with Gasteiger partial charge in [-0.25, -0.2) is 18.5 Å². The van der Waals surface area contributed by atoms with E-state index in [1.54, 1.807) is 14.0 Å². The topological polar surface area (TPSA) is 140 Å². The molecule has 0 saturated heterocycles. The predicted molar refractivity (Wildman–Crippen MR) is 159 cm³/mol. The van der Waals surface area contributed by atoms with Crippen molar-refractivity contribution in [1.29, 1.82) is 0 Å². The fraction of sp³-hybridized carbons (Fsp3) is 0.483. The molecular weight excluding hydrogens is 581 g/mol. The quantitative estimate of drug-likeness (QED) is 0.266. The summed E-state index contributed by atoms with van der Waals surface area (Å²) in [5, 5.41) is 17.2. The number of nitrogens with zero attached hydrogens (tertiary/aromatic N) is 5. The fourth-order valence-electron chi connectivity index (χ4n) is 4.68. The number of benzene rings is 1. The highest BCUT2D eigenvalue weighted by molar-refractivity contribution is 7.21. The molecule has 0 radical (unpaired) electrons. The van der Waals surface area contributed by atoms with Crippen LogP contribution in [0.15, 0.2) is 40.2 Å². The lowest BCUT2D eigenvalue weighted by Crippen LogP contribution is -2.53. The van der Waals surface area contributed by atoms with E-state index in [2.05, 4.69) is 14.9 Å². The molecule has 3 heterocycles. The summed E-state index contributed by atoms with van der Waals surface area (Å²) >= 11 is 1.20. The molecule has 5 rings (SSSR count). The first kappa shape index (κ1) is 32.0. The number of thiophene rings is 1. The molecular formula is C29H36FN5O7S. The molecule has 0 atom stereocenters. The van der Waals surface area contributed by atoms with E-state index in [-0.39, 0.29) is 31.1 Å². The molecule has 0 unspecified atom stereocenters. The van der Waals surface area contributed by atoms with Gasteiger partial charge in [0.05, 0.1) is 38.1 Å². The Hall–Kier alpha value is -3.88. The van der Waals surface area contributed by atoms with Crippen LogP contribution in [0.4, 0.5) is 4.39 Å². The van der Waals surface area contributed by atoms with E-state index in [9.17, 15) is 18.8 Å². The molecule has 12 nitrogen and oxygen atoms in total. The second kappa shape index (κ2) is 13.6. The molecule has 1 saturated carbocycles. The van der Waals surface area contributed by atoms with Gasteiger partial charge in [0.15, 0.2) is 0 Å². The molecule has 1 aromatic carbocycles. The lowest BCUT2D eigenvalue weighted by molar-refractivity contribution is -0.162. The second-order valence-electron chi connectivity index (χ2n) is 10.5. The first-order valence-electron chi connectivity index (χ1n) is 13.8. The average molecular weight is 618 g/mol. The molecule has 3 aromatic heterocycles. The summed E-state index contributed by atoms with van der Waals surface area (Å²) in [6.07, 6.45) is 5.57. The van der Waals surface area contributed by atoms with Gasteiger partial charge in [0.1, 0.15) is 33.0 Å². The number of esters is 1. The van der Waals surface area contributed by atoms with Gasteiger partial charge in [0.25, 0.3) is 5.56 Å². The van der Waals surface area contributed by atoms with Gasteiger partial charge in [-0.3, -0.25) is 9.36 Å². The number of carbonyl (C=O) groups is 1. The van der Waals surface area contributed by atoms with Crippen LogP contribution in [0.3, 0.4) is 0 Å². The molecule has 1 N–H and O–H groups in total. The zero-order valence-electron chi connectivity index (χ0n) is 24.8. The van der Waals surface area contributed by atoms with Crippen LogP contribution in [-0.2, 0) is 32.8 Å². The van der Waals surface area contributed by atoms with Gasteiger partial charge in [-0.2, -0.15) is 10.2 Å². The van der Waals surface area contributed by atoms with Crippen LogP contribution in [0.5, 0.6) is 5.75 Å². The zero-order chi connectivity index (χ0) is 31.3. The maximum absolute atomic E-state index is 14.0. The van der Waals surface area contributed by atoms with Crippen molar-refractivity contribution in [3.8, 4) is 10.8 Å². The Bertz CT molecular complexity index is 1690. The monoisotopic (exact) mass is 617 g/mol. The van der Waals surface area contributed by atoms with Crippen LogP contribution in [0.25, 0.3) is 15.2 Å². The van der Waals surface area contributed by atoms with E-state index in [0.29, 0.717) is 33.3 Å². The zero-order valence-corrected chi connectivity index (χ0v) is 25.6. The van der Waals surface area contributed by atoms with E-state index in [0.717, 1.165) is 23.8 Å². The SMILES string of the molecule is COCCO.COc1ccc(F)cc1CCn1c(=O)n(C(C)(C)C(=O)OC2CCC2)c(=O)c2c(C)c(-n3nccn3)sc21. The molecule has 0 amide bonds. The molecule has 1 aliphatic rings. The summed E-state index contributed by atoms with van der Waals surface area (Å²) in [7, 11) is 3.04. The van der Waals surface area contributed by atoms with Crippen LogP contribution >= 0.6 is 11.3 Å². The van der Waals surface area contributed by atoms with Crippen molar-refractivity contribution < 1.29 is 28.5 Å². The van der Waals surface area contributed by atoms with Crippen molar-refractivity contribution in [2.45, 2.75) is 64.6 Å². The summed E-state index contributed by atoms with van der Waals surface area (Å²) in [5.74, 6) is -0.583. The molecule has 0 bridgehead atoms. The van der Waals surface area contributed by atoms with Crippen molar-refractivity contribution in [1.82, 2.24) is 24.1 Å². The number of aromatic nitrogens is 5. The van der Waals surface area contributed by atoms with Crippen LogP contribution in [0.1, 0.15) is 44.2 Å². The number of aryl methyl sites for hydroxylation is 3. The number of hydrogen-bond acceptors (Lipinski definition) is 10. The van der Waals surface area contributed by atoms with Gasteiger partial charge in [-0.1, -0.05) is 11.3 Å². The van der Waals surface area contributed by atoms with Gasteiger partial charge in [0.2, 0.25) is 0 Å². The van der Waals surface area contributed by atoms with Crippen LogP contribution in [0, 0.1) is 12.7 Å². The summed E-state index contributed by atoms with van der Waals surface area (Å²) < 4.78 is 31.9. The molecule has 1 fully saturated rings. The summed E-state index contributed by atoms with van der Waals surface area (Å²) in [4.78, 5) is 42.8. The van der Waals surface area contributed by atoms with Crippen LogP contribution in [-0.4, -0.2) is 68.7 Å². The number of aliphatic hydroxyl groups is 1. The second-order valence-corrected chi connectivity index (χ2v) is 11.5. The Labute approximate surface area is 251 Å². The minimum Gasteiger partial charge on any atom is -0.496 e. The number of aliphatic hydroxyl groups excluding tert-OH is 1. The lowest BCUT2D eigenvalue weighted by Gasteiger charge is -2.31. The molecule has 232 valence electrons. The van der Waals surface area contributed by atoms with E-state index >= 15 is 0 Å². The Morgan fingerprint density at radius 3 is 2.44 bits per heavy atom. The maximum Gasteiger partial charge on any atom is 0.333 e. The van der Waals surface area contributed by atoms with E-state index in [1.807, 2.05) is 0 Å². The van der Waals surface area contributed by atoms with E-state index in [1.165, 1.54) is 72.3 Å². The van der Waals surface area contributed by atoms with Crippen molar-refractivity contribution in [2.75, 3.05) is 27.4 Å². The number of rotatable bonds is 10. The number of hydrogen-bond donors (Lipinski definition) is 1. The molecule has 0 aliphatic heterocycles. The van der Waals surface area contributed by atoms with Gasteiger partial charge in [-0.15, -0.1) is 4.80 Å². The number of carbonyl (C=O) groups excluding carboxylic acids is 1. The van der Waals surface area contributed by atoms with Gasteiger partial charge in [-0.05, 0) is 70.2 Å². The van der Waals surface area contributed by atoms with Gasteiger partial charge < -0.3 is 19.3 Å². The highest BCUT2D eigenvalue weighted by Crippen LogP contribution is 2.32. The first-order chi connectivity index (χ1) is 20.5. The van der Waals surface area contributed by atoms with E-state index < -0.39 is 28.6 Å². The average Bonchev–Trinajstić information content (AvgIpc) is 3.59. The van der Waals surface area contributed by atoms with Crippen molar-refractivity contribution in [3.63, 3.8) is 0 Å². The summed E-state index contributed by atoms with van der Waals surface area (Å²) in [6, 6.07) is 4.19. The summed E-state index contributed by atoms with van der Waals surface area (Å²) in [6.45, 7) is 5.46. The fourth-order valence-corrected chi connectivity index (χ4v) is 5.91. The Morgan fingerprint density at radius 1 is 1.19 bits per heavy atom. The number of halogens is 1. The number of methoxy groups -OCH3 is 2. The van der Waals surface area contributed by atoms with Crippen molar-refractivity contribution in [3.05, 3.63) is 68.4 Å². The minimum absolute atomic E-state index is 0.106. The third-order valence-electron chi connectivity index (χ3n) is 7.31. The lowest BCUT2D eigenvalue weighted by atomic mass is 9.95. The minimum atomic E-state index is -1.56. The predicted octanol–water partition coefficient (Wildman–Crippen LogP) is 2.96. The molecule has 1 aliphatic carbocycles. The molecule has 14 heteroatoms. The van der Waals surface area contributed by atoms with Crippen molar-refractivity contribution in [2.24, 2.45) is 0 Å². The largest absolute Gasteiger partial charge is 0.496 e. The smallest absolute Gasteiger partial charge is 0.333 e. The Kier molecular flexibility index (Phi) is 10.1. The molecule has 4 aromatic rings. The third kappa shape index (κ3) is 6.55. The van der Waals surface area contributed by atoms with E-state index in [4.69, 9.17) is 14.6 Å². The van der Waals surface area contributed by atoms with Crippen LogP contribution < -0.4 is 16.0 Å². The number of ether oxygens (including phenoxy) is 3. The summed E-state index contributed by atoms with van der Waals surface area (Å²) in [5.41, 5.74) is -1.66. The first-order valence-corrected chi connectivity index (χ1v) is 14.7. The number of fused-ring (bicyclic) bond motifs is 1. The Morgan fingerprint density at radius 2 is 1.88 bits per heavy atom. The Balaban J connectivity index is 0.000000782. The molecule has 0 spiro atoms. The highest BCUT2D eigenvalue weighted by atomic mass is 32.1.